The molecule has 0 aromatic carbocycles. The maximum Gasteiger partial charge on any atom is 0.221 e. The van der Waals surface area contributed by atoms with E-state index in [-0.39, 0.29) is 5.91 Å². The number of nitrogens with one attached hydrogen (secondary N) is 1. The molecule has 160 valence electrons. The lowest BCUT2D eigenvalue weighted by molar-refractivity contribution is -0.121. The minimum atomic E-state index is 0.166. The van der Waals surface area contributed by atoms with Crippen molar-refractivity contribution in [3.8, 4) is 0 Å². The normalized spacial score (nSPS) is 28.4. The number of piperidine rings is 1. The highest BCUT2D eigenvalue weighted by molar-refractivity contribution is 5.76. The van der Waals surface area contributed by atoms with Crippen molar-refractivity contribution in [1.29, 1.82) is 0 Å². The maximum atomic E-state index is 12.4. The summed E-state index contributed by atoms with van der Waals surface area (Å²) < 4.78 is 2.19. The highest BCUT2D eigenvalue weighted by Crippen LogP contribution is 2.37. The minimum Gasteiger partial charge on any atom is -0.350 e. The molecular weight excluding hydrogens is 362 g/mol. The van der Waals surface area contributed by atoms with Crippen LogP contribution in [-0.4, -0.2) is 57.2 Å². The number of hydrogen-bond donors (Lipinski definition) is 1. The van der Waals surface area contributed by atoms with Gasteiger partial charge in [0, 0.05) is 51.2 Å². The van der Waals surface area contributed by atoms with Crippen LogP contribution in [0.25, 0.3) is 0 Å². The standard InChI is InChI=1S/C23H37N5O/c29-23(9-12-27-16-18-7-8-21(27)13-18)24-15-19-14-22-17-26(10-4-11-28(22)25-19)20-5-2-1-3-6-20/h14,18,20-21H,1-13,15-17H2,(H,24,29)/t18-,21+/m1/s1. The zero-order chi connectivity index (χ0) is 19.6. The van der Waals surface area contributed by atoms with Gasteiger partial charge in [-0.1, -0.05) is 19.3 Å². The van der Waals surface area contributed by atoms with Crippen molar-refractivity contribution in [2.24, 2.45) is 5.92 Å². The smallest absolute Gasteiger partial charge is 0.221 e. The topological polar surface area (TPSA) is 53.4 Å². The molecule has 0 unspecified atom stereocenters. The largest absolute Gasteiger partial charge is 0.350 e. The van der Waals surface area contributed by atoms with Crippen molar-refractivity contribution in [3.05, 3.63) is 17.5 Å². The zero-order valence-corrected chi connectivity index (χ0v) is 17.8. The van der Waals surface area contributed by atoms with Gasteiger partial charge in [0.05, 0.1) is 17.9 Å². The number of aromatic nitrogens is 2. The molecule has 1 N–H and O–H groups in total. The van der Waals surface area contributed by atoms with Crippen LogP contribution >= 0.6 is 0 Å². The summed E-state index contributed by atoms with van der Waals surface area (Å²) in [6.45, 7) is 5.91. The molecule has 3 fully saturated rings. The number of aryl methyl sites for hydroxylation is 1. The molecular formula is C23H37N5O. The first-order valence-electron chi connectivity index (χ1n) is 12.0. The summed E-state index contributed by atoms with van der Waals surface area (Å²) in [6.07, 6.45) is 12.8. The van der Waals surface area contributed by atoms with Gasteiger partial charge in [-0.15, -0.1) is 0 Å². The van der Waals surface area contributed by atoms with Crippen molar-refractivity contribution >= 4 is 5.91 Å². The summed E-state index contributed by atoms with van der Waals surface area (Å²) in [5, 5.41) is 7.91. The molecule has 0 radical (unpaired) electrons. The molecule has 1 amide bonds. The Morgan fingerprint density at radius 3 is 2.76 bits per heavy atom. The van der Waals surface area contributed by atoms with Crippen LogP contribution in [0.5, 0.6) is 0 Å². The molecule has 1 aromatic heterocycles. The molecule has 2 atom stereocenters. The fraction of sp³-hybridized carbons (Fsp3) is 0.826. The van der Waals surface area contributed by atoms with Crippen molar-refractivity contribution in [2.45, 2.75) is 95.9 Å². The van der Waals surface area contributed by atoms with Gasteiger partial charge in [0.15, 0.2) is 0 Å². The van der Waals surface area contributed by atoms with E-state index in [9.17, 15) is 4.79 Å². The number of carbonyl (C=O) groups is 1. The van der Waals surface area contributed by atoms with Gasteiger partial charge < -0.3 is 5.32 Å². The summed E-state index contributed by atoms with van der Waals surface area (Å²) in [7, 11) is 0. The third-order valence-electron chi connectivity index (χ3n) is 7.80. The summed E-state index contributed by atoms with van der Waals surface area (Å²) in [4.78, 5) is 17.6. The summed E-state index contributed by atoms with van der Waals surface area (Å²) in [5.41, 5.74) is 2.34. The molecule has 6 heteroatoms. The van der Waals surface area contributed by atoms with Crippen LogP contribution in [0.15, 0.2) is 6.07 Å². The summed E-state index contributed by atoms with van der Waals surface area (Å²) in [6, 6.07) is 3.74. The lowest BCUT2D eigenvalue weighted by Crippen LogP contribution is -2.36. The number of carbonyl (C=O) groups excluding carboxylic acids is 1. The molecule has 29 heavy (non-hydrogen) atoms. The lowest BCUT2D eigenvalue weighted by atomic mass is 9.94. The first-order chi connectivity index (χ1) is 14.2. The lowest BCUT2D eigenvalue weighted by Gasteiger charge is -2.33. The quantitative estimate of drug-likeness (QED) is 0.799. The first-order valence-corrected chi connectivity index (χ1v) is 12.0. The third kappa shape index (κ3) is 4.53. The van der Waals surface area contributed by atoms with E-state index >= 15 is 0 Å². The Balaban J connectivity index is 1.10. The molecule has 2 aliphatic heterocycles. The molecule has 1 saturated heterocycles. The molecule has 6 nitrogen and oxygen atoms in total. The maximum absolute atomic E-state index is 12.4. The van der Waals surface area contributed by atoms with Crippen LogP contribution in [0, 0.1) is 5.92 Å². The molecule has 2 saturated carbocycles. The fourth-order valence-corrected chi connectivity index (χ4v) is 6.21. The number of likely N-dealkylation sites (tertiary alicyclic amines) is 1. The van der Waals surface area contributed by atoms with E-state index in [2.05, 4.69) is 25.9 Å². The molecule has 2 aliphatic carbocycles. The van der Waals surface area contributed by atoms with Crippen molar-refractivity contribution in [2.75, 3.05) is 19.6 Å². The highest BCUT2D eigenvalue weighted by atomic mass is 16.1. The van der Waals surface area contributed by atoms with Crippen LogP contribution in [0.1, 0.15) is 75.6 Å². The summed E-state index contributed by atoms with van der Waals surface area (Å²) in [5.74, 6) is 1.07. The van der Waals surface area contributed by atoms with Crippen LogP contribution < -0.4 is 5.32 Å². The second-order valence-electron chi connectivity index (χ2n) is 9.82. The number of fused-ring (bicyclic) bond motifs is 3. The predicted molar refractivity (Wildman–Crippen MR) is 113 cm³/mol. The number of rotatable bonds is 6. The third-order valence-corrected chi connectivity index (χ3v) is 7.80. The molecule has 3 heterocycles. The van der Waals surface area contributed by atoms with Gasteiger partial charge in [0.25, 0.3) is 0 Å². The average Bonchev–Trinajstić information content (AvgIpc) is 3.44. The minimum absolute atomic E-state index is 0.166. The van der Waals surface area contributed by atoms with Gasteiger partial charge in [-0.25, -0.2) is 0 Å². The van der Waals surface area contributed by atoms with E-state index in [1.165, 1.54) is 76.6 Å². The number of amides is 1. The van der Waals surface area contributed by atoms with E-state index in [4.69, 9.17) is 5.10 Å². The summed E-state index contributed by atoms with van der Waals surface area (Å²) >= 11 is 0. The van der Waals surface area contributed by atoms with E-state index in [1.807, 2.05) is 0 Å². The van der Waals surface area contributed by atoms with E-state index < -0.39 is 0 Å². The first kappa shape index (κ1) is 19.6. The van der Waals surface area contributed by atoms with Gasteiger partial charge >= 0.3 is 0 Å². The Bertz CT molecular complexity index is 710. The second-order valence-corrected chi connectivity index (χ2v) is 9.82. The molecule has 1 aromatic rings. The van der Waals surface area contributed by atoms with Crippen LogP contribution in [0.4, 0.5) is 0 Å². The van der Waals surface area contributed by atoms with Gasteiger partial charge in [0.1, 0.15) is 0 Å². The Morgan fingerprint density at radius 1 is 1.07 bits per heavy atom. The second kappa shape index (κ2) is 8.76. The van der Waals surface area contributed by atoms with Crippen molar-refractivity contribution < 1.29 is 4.79 Å². The zero-order valence-electron chi connectivity index (χ0n) is 17.8. The number of nitrogens with zero attached hydrogens (tertiary/aromatic N) is 4. The Labute approximate surface area is 175 Å². The van der Waals surface area contributed by atoms with E-state index in [0.717, 1.165) is 43.3 Å². The SMILES string of the molecule is O=C(CCN1C[C@@H]2CC[C@H]1C2)NCc1cc2n(n1)CCCN(C1CCCCC1)C2. The van der Waals surface area contributed by atoms with Gasteiger partial charge in [0.2, 0.25) is 5.91 Å². The molecule has 0 spiro atoms. The van der Waals surface area contributed by atoms with Gasteiger partial charge in [-0.3, -0.25) is 19.3 Å². The molecule has 4 aliphatic rings. The van der Waals surface area contributed by atoms with Crippen LogP contribution in [0.2, 0.25) is 0 Å². The monoisotopic (exact) mass is 399 g/mol. The van der Waals surface area contributed by atoms with Gasteiger partial charge in [-0.2, -0.15) is 5.10 Å². The average molecular weight is 400 g/mol. The van der Waals surface area contributed by atoms with Crippen molar-refractivity contribution in [3.63, 3.8) is 0 Å². The number of hydrogen-bond acceptors (Lipinski definition) is 4. The predicted octanol–water partition coefficient (Wildman–Crippen LogP) is 2.91. The van der Waals surface area contributed by atoms with E-state index in [0.29, 0.717) is 13.0 Å². The van der Waals surface area contributed by atoms with Gasteiger partial charge in [-0.05, 0) is 50.5 Å². The van der Waals surface area contributed by atoms with Crippen LogP contribution in [0.3, 0.4) is 0 Å². The fourth-order valence-electron chi connectivity index (χ4n) is 6.21. The molecule has 5 rings (SSSR count). The van der Waals surface area contributed by atoms with Crippen LogP contribution in [-0.2, 0) is 24.4 Å². The Hall–Kier alpha value is -1.40. The molecule has 2 bridgehead atoms. The van der Waals surface area contributed by atoms with Crippen molar-refractivity contribution in [1.82, 2.24) is 24.9 Å². The Morgan fingerprint density at radius 2 is 1.97 bits per heavy atom. The Kier molecular flexibility index (Phi) is 5.91. The highest BCUT2D eigenvalue weighted by Gasteiger charge is 2.37. The van der Waals surface area contributed by atoms with E-state index in [1.54, 1.807) is 0 Å².